The van der Waals surface area contributed by atoms with Crippen molar-refractivity contribution in [2.24, 2.45) is 11.8 Å². The van der Waals surface area contributed by atoms with Crippen LogP contribution in [-0.2, 0) is 14.3 Å². The summed E-state index contributed by atoms with van der Waals surface area (Å²) in [4.78, 5) is 12.9. The second-order valence-corrected chi connectivity index (χ2v) is 6.11. The maximum Gasteiger partial charge on any atom is 0.231 e. The van der Waals surface area contributed by atoms with E-state index in [1.807, 2.05) is 0 Å². The summed E-state index contributed by atoms with van der Waals surface area (Å²) in [6.45, 7) is 0. The maximum absolute atomic E-state index is 12.9. The summed E-state index contributed by atoms with van der Waals surface area (Å²) in [6.07, 6.45) is 11.4. The molecule has 3 heteroatoms. The van der Waals surface area contributed by atoms with Crippen molar-refractivity contribution in [3.63, 3.8) is 0 Å². The second-order valence-electron chi connectivity index (χ2n) is 6.11. The molecular weight excluding hydrogens is 240 g/mol. The maximum atomic E-state index is 12.9. The molecule has 2 aliphatic rings. The standard InChI is InChI=1S/C16H28O3/c1-18-16(19-2,14-11-7-4-8-12-14)15(17)13-9-5-3-6-10-13/h13-14H,3-12H2,1-2H3. The van der Waals surface area contributed by atoms with E-state index in [9.17, 15) is 4.79 Å². The van der Waals surface area contributed by atoms with E-state index in [4.69, 9.17) is 9.47 Å². The van der Waals surface area contributed by atoms with E-state index in [0.29, 0.717) is 0 Å². The van der Waals surface area contributed by atoms with Crippen molar-refractivity contribution in [3.8, 4) is 0 Å². The van der Waals surface area contributed by atoms with Gasteiger partial charge in [0.25, 0.3) is 0 Å². The van der Waals surface area contributed by atoms with Gasteiger partial charge in [-0.15, -0.1) is 0 Å². The van der Waals surface area contributed by atoms with Crippen LogP contribution in [0.5, 0.6) is 0 Å². The molecule has 110 valence electrons. The highest BCUT2D eigenvalue weighted by atomic mass is 16.7. The zero-order valence-electron chi connectivity index (χ0n) is 12.5. The lowest BCUT2D eigenvalue weighted by atomic mass is 9.75. The van der Waals surface area contributed by atoms with Gasteiger partial charge in [-0.25, -0.2) is 0 Å². The van der Waals surface area contributed by atoms with Gasteiger partial charge in [0.2, 0.25) is 5.79 Å². The average Bonchev–Trinajstić information content (AvgIpc) is 2.51. The van der Waals surface area contributed by atoms with Gasteiger partial charge in [-0.1, -0.05) is 38.5 Å². The van der Waals surface area contributed by atoms with Crippen molar-refractivity contribution >= 4 is 5.78 Å². The minimum Gasteiger partial charge on any atom is -0.347 e. The molecule has 3 nitrogen and oxygen atoms in total. The first-order chi connectivity index (χ1) is 9.24. The molecule has 2 saturated carbocycles. The SMILES string of the molecule is COC(OC)(C(=O)C1CCCCC1)C1CCCCC1. The lowest BCUT2D eigenvalue weighted by Crippen LogP contribution is -2.53. The molecule has 0 aromatic rings. The summed E-state index contributed by atoms with van der Waals surface area (Å²) < 4.78 is 11.3. The largest absolute Gasteiger partial charge is 0.347 e. The van der Waals surface area contributed by atoms with E-state index in [2.05, 4.69) is 0 Å². The van der Waals surface area contributed by atoms with Gasteiger partial charge in [0.15, 0.2) is 5.78 Å². The van der Waals surface area contributed by atoms with Crippen LogP contribution in [-0.4, -0.2) is 25.8 Å². The number of hydrogen-bond acceptors (Lipinski definition) is 3. The minimum absolute atomic E-state index is 0.149. The molecule has 0 aliphatic heterocycles. The van der Waals surface area contributed by atoms with Gasteiger partial charge in [-0.3, -0.25) is 4.79 Å². The van der Waals surface area contributed by atoms with Gasteiger partial charge >= 0.3 is 0 Å². The Labute approximate surface area is 117 Å². The van der Waals surface area contributed by atoms with E-state index >= 15 is 0 Å². The molecule has 0 saturated heterocycles. The molecule has 0 aromatic carbocycles. The van der Waals surface area contributed by atoms with Crippen LogP contribution >= 0.6 is 0 Å². The number of ketones is 1. The second kappa shape index (κ2) is 6.85. The Hall–Kier alpha value is -0.410. The topological polar surface area (TPSA) is 35.5 Å². The number of hydrogen-bond donors (Lipinski definition) is 0. The Morgan fingerprint density at radius 1 is 0.842 bits per heavy atom. The van der Waals surface area contributed by atoms with Crippen molar-refractivity contribution in [2.75, 3.05) is 14.2 Å². The first-order valence-electron chi connectivity index (χ1n) is 7.89. The zero-order valence-corrected chi connectivity index (χ0v) is 12.5. The van der Waals surface area contributed by atoms with Crippen molar-refractivity contribution in [3.05, 3.63) is 0 Å². The molecule has 2 fully saturated rings. The van der Waals surface area contributed by atoms with E-state index in [1.54, 1.807) is 14.2 Å². The molecule has 2 aliphatic carbocycles. The van der Waals surface area contributed by atoms with Crippen LogP contribution in [0.3, 0.4) is 0 Å². The average molecular weight is 268 g/mol. The summed E-state index contributed by atoms with van der Waals surface area (Å²) >= 11 is 0. The summed E-state index contributed by atoms with van der Waals surface area (Å²) in [5, 5.41) is 0. The van der Waals surface area contributed by atoms with Gasteiger partial charge in [0, 0.05) is 26.1 Å². The smallest absolute Gasteiger partial charge is 0.231 e. The monoisotopic (exact) mass is 268 g/mol. The van der Waals surface area contributed by atoms with Gasteiger partial charge in [0.1, 0.15) is 0 Å². The zero-order chi connectivity index (χ0) is 13.7. The van der Waals surface area contributed by atoms with Crippen molar-refractivity contribution in [2.45, 2.75) is 70.0 Å². The van der Waals surface area contributed by atoms with E-state index in [0.717, 1.165) is 25.7 Å². The molecule has 19 heavy (non-hydrogen) atoms. The lowest BCUT2D eigenvalue weighted by Gasteiger charge is -2.41. The molecule has 0 unspecified atom stereocenters. The molecular formula is C16H28O3. The predicted molar refractivity (Wildman–Crippen MR) is 74.9 cm³/mol. The van der Waals surface area contributed by atoms with Crippen molar-refractivity contribution < 1.29 is 14.3 Å². The van der Waals surface area contributed by atoms with Gasteiger partial charge in [0.05, 0.1) is 0 Å². The normalized spacial score (nSPS) is 23.5. The van der Waals surface area contributed by atoms with Gasteiger partial charge < -0.3 is 9.47 Å². The summed E-state index contributed by atoms with van der Waals surface area (Å²) in [5.74, 6) is -0.368. The Kier molecular flexibility index (Phi) is 5.40. The molecule has 0 radical (unpaired) electrons. The molecule has 0 bridgehead atoms. The number of ether oxygens (including phenoxy) is 2. The number of rotatable bonds is 5. The Morgan fingerprint density at radius 2 is 1.32 bits per heavy atom. The van der Waals surface area contributed by atoms with Gasteiger partial charge in [-0.2, -0.15) is 0 Å². The summed E-state index contributed by atoms with van der Waals surface area (Å²) in [7, 11) is 3.28. The van der Waals surface area contributed by atoms with Crippen LogP contribution in [0.25, 0.3) is 0 Å². The number of methoxy groups -OCH3 is 2. The van der Waals surface area contributed by atoms with Crippen LogP contribution in [0, 0.1) is 11.8 Å². The van der Waals surface area contributed by atoms with Crippen LogP contribution in [0.15, 0.2) is 0 Å². The Morgan fingerprint density at radius 3 is 1.79 bits per heavy atom. The van der Waals surface area contributed by atoms with Gasteiger partial charge in [-0.05, 0) is 25.7 Å². The Bertz CT molecular complexity index is 284. The predicted octanol–water partition coefficient (Wildman–Crippen LogP) is 3.71. The highest BCUT2D eigenvalue weighted by Gasteiger charge is 2.49. The first kappa shape index (κ1) is 15.0. The molecule has 0 N–H and O–H groups in total. The van der Waals surface area contributed by atoms with E-state index in [1.165, 1.54) is 38.5 Å². The third-order valence-electron chi connectivity index (χ3n) is 5.07. The highest BCUT2D eigenvalue weighted by Crippen LogP contribution is 2.40. The number of carbonyl (C=O) groups excluding carboxylic acids is 1. The van der Waals surface area contributed by atoms with Crippen molar-refractivity contribution in [1.82, 2.24) is 0 Å². The first-order valence-corrected chi connectivity index (χ1v) is 7.89. The summed E-state index contributed by atoms with van der Waals surface area (Å²) in [6, 6.07) is 0. The fourth-order valence-corrected chi connectivity index (χ4v) is 3.95. The minimum atomic E-state index is -0.970. The molecule has 0 spiro atoms. The number of Topliss-reactive ketones (excluding diaryl/α,β-unsaturated/α-hetero) is 1. The van der Waals surface area contributed by atoms with Crippen molar-refractivity contribution in [1.29, 1.82) is 0 Å². The van der Waals surface area contributed by atoms with Crippen LogP contribution in [0.2, 0.25) is 0 Å². The van der Waals surface area contributed by atoms with E-state index < -0.39 is 5.79 Å². The molecule has 0 atom stereocenters. The molecule has 0 aromatic heterocycles. The quantitative estimate of drug-likeness (QED) is 0.713. The van der Waals surface area contributed by atoms with E-state index in [-0.39, 0.29) is 17.6 Å². The number of carbonyl (C=O) groups is 1. The lowest BCUT2D eigenvalue weighted by molar-refractivity contribution is -0.238. The fourth-order valence-electron chi connectivity index (χ4n) is 3.95. The van der Waals surface area contributed by atoms with Crippen LogP contribution in [0.1, 0.15) is 64.2 Å². The molecule has 2 rings (SSSR count). The summed E-state index contributed by atoms with van der Waals surface area (Å²) in [5.41, 5.74) is 0. The molecule has 0 amide bonds. The van der Waals surface area contributed by atoms with Crippen LogP contribution in [0.4, 0.5) is 0 Å². The fraction of sp³-hybridized carbons (Fsp3) is 0.938. The third kappa shape index (κ3) is 3.03. The molecule has 0 heterocycles. The highest BCUT2D eigenvalue weighted by molar-refractivity contribution is 5.88. The van der Waals surface area contributed by atoms with Crippen LogP contribution < -0.4 is 0 Å². The third-order valence-corrected chi connectivity index (χ3v) is 5.07. The Balaban J connectivity index is 2.13.